The number of hydrogen-bond donors (Lipinski definition) is 0. The lowest BCUT2D eigenvalue weighted by atomic mass is 9.91. The lowest BCUT2D eigenvalue weighted by Crippen LogP contribution is -2.41. The van der Waals surface area contributed by atoms with Gasteiger partial charge in [-0.1, -0.05) is 24.6 Å². The van der Waals surface area contributed by atoms with Gasteiger partial charge in [0.25, 0.3) is 5.91 Å². The number of anilines is 1. The first kappa shape index (κ1) is 21.3. The number of hydrogen-bond acceptors (Lipinski definition) is 5. The number of fused-ring (bicyclic) bond motifs is 1. The molecule has 1 saturated carbocycles. The van der Waals surface area contributed by atoms with Gasteiger partial charge >= 0.3 is 0 Å². The average Bonchev–Trinajstić information content (AvgIpc) is 3.10. The predicted molar refractivity (Wildman–Crippen MR) is 123 cm³/mol. The zero-order chi connectivity index (χ0) is 22.1. The molecule has 1 saturated heterocycles. The van der Waals surface area contributed by atoms with Crippen LogP contribution < -0.4 is 4.90 Å². The largest absolute Gasteiger partial charge is 0.352 e. The molecule has 1 unspecified atom stereocenters. The van der Waals surface area contributed by atoms with Crippen molar-refractivity contribution in [3.63, 3.8) is 0 Å². The molecule has 0 radical (unpaired) electrons. The lowest BCUT2D eigenvalue weighted by molar-refractivity contribution is 0.0779. The summed E-state index contributed by atoms with van der Waals surface area (Å²) >= 11 is 0. The van der Waals surface area contributed by atoms with Crippen molar-refractivity contribution in [1.29, 1.82) is 0 Å². The maximum Gasteiger partial charge on any atom is 0.274 e. The third-order valence-electron chi connectivity index (χ3n) is 7.28. The average molecular weight is 438 g/mol. The van der Waals surface area contributed by atoms with Crippen LogP contribution in [0.25, 0.3) is 0 Å². The molecular weight excluding hydrogens is 405 g/mol. The van der Waals surface area contributed by atoms with Gasteiger partial charge in [-0.3, -0.25) is 9.69 Å². The first-order valence-corrected chi connectivity index (χ1v) is 11.9. The molecule has 2 fully saturated rings. The van der Waals surface area contributed by atoms with E-state index in [1.165, 1.54) is 36.6 Å². The number of carbonyl (C=O) groups is 1. The van der Waals surface area contributed by atoms with E-state index in [9.17, 15) is 9.18 Å². The number of rotatable bonds is 5. The highest BCUT2D eigenvalue weighted by Gasteiger charge is 2.27. The maximum atomic E-state index is 13.4. The minimum Gasteiger partial charge on any atom is -0.352 e. The van der Waals surface area contributed by atoms with E-state index in [1.807, 2.05) is 4.90 Å². The highest BCUT2D eigenvalue weighted by Crippen LogP contribution is 2.28. The Morgan fingerprint density at radius 3 is 2.56 bits per heavy atom. The molecule has 7 heteroatoms. The molecule has 170 valence electrons. The fraction of sp³-hybridized carbons (Fsp3) is 0.560. The Morgan fingerprint density at radius 1 is 1.09 bits per heavy atom. The minimum atomic E-state index is -0.813. The van der Waals surface area contributed by atoms with E-state index in [0.717, 1.165) is 37.5 Å². The molecule has 1 atom stereocenters. The number of aromatic nitrogens is 2. The summed E-state index contributed by atoms with van der Waals surface area (Å²) < 4.78 is 13.4. The van der Waals surface area contributed by atoms with Crippen LogP contribution in [-0.4, -0.2) is 71.1 Å². The Balaban J connectivity index is 1.21. The number of nitrogens with zero attached hydrogens (tertiary/aromatic N) is 5. The Bertz CT molecular complexity index is 961. The number of amides is 1. The molecule has 0 N–H and O–H groups in total. The highest BCUT2D eigenvalue weighted by atomic mass is 19.1. The van der Waals surface area contributed by atoms with E-state index in [0.29, 0.717) is 37.6 Å². The first-order valence-electron chi connectivity index (χ1n) is 11.9. The van der Waals surface area contributed by atoms with E-state index in [2.05, 4.69) is 33.1 Å². The molecule has 2 aliphatic heterocycles. The maximum absolute atomic E-state index is 13.4. The molecular formula is C25H32FN5O. The van der Waals surface area contributed by atoms with Gasteiger partial charge in [0.1, 0.15) is 17.7 Å². The molecule has 1 aliphatic carbocycles. The van der Waals surface area contributed by atoms with Gasteiger partial charge in [0, 0.05) is 39.3 Å². The topological polar surface area (TPSA) is 52.6 Å². The number of benzene rings is 1. The molecule has 0 bridgehead atoms. The molecule has 1 aromatic heterocycles. The number of alkyl halides is 1. The Hall–Kier alpha value is -2.54. The van der Waals surface area contributed by atoms with Gasteiger partial charge in [-0.25, -0.2) is 14.4 Å². The fourth-order valence-electron chi connectivity index (χ4n) is 5.07. The third kappa shape index (κ3) is 4.49. The third-order valence-corrected chi connectivity index (χ3v) is 7.28. The van der Waals surface area contributed by atoms with Crippen LogP contribution in [0.5, 0.6) is 0 Å². The molecule has 32 heavy (non-hydrogen) atoms. The van der Waals surface area contributed by atoms with Crippen molar-refractivity contribution in [2.24, 2.45) is 0 Å². The van der Waals surface area contributed by atoms with Gasteiger partial charge in [-0.05, 0) is 48.8 Å². The van der Waals surface area contributed by atoms with E-state index in [4.69, 9.17) is 0 Å². The number of carbonyl (C=O) groups excluding carboxylic acids is 1. The van der Waals surface area contributed by atoms with Crippen LogP contribution >= 0.6 is 0 Å². The van der Waals surface area contributed by atoms with Crippen LogP contribution in [0.4, 0.5) is 10.2 Å². The van der Waals surface area contributed by atoms with Crippen LogP contribution in [0, 0.1) is 0 Å². The van der Waals surface area contributed by atoms with Crippen molar-refractivity contribution < 1.29 is 9.18 Å². The molecule has 3 heterocycles. The Labute approximate surface area is 189 Å². The standard InChI is InChI=1S/C25H32FN5O/c1-29(25(32)23-14-28-24(15-27-23)31-12-9-21(26)17-31)16-18-5-6-19-7-10-30(22-3-2-4-22)11-8-20(19)13-18/h5-6,13-15,21-22H,2-4,7-12,16-17H2,1H3. The van der Waals surface area contributed by atoms with Crippen LogP contribution in [0.2, 0.25) is 0 Å². The molecule has 5 rings (SSSR count). The molecule has 1 aromatic carbocycles. The van der Waals surface area contributed by atoms with Crippen molar-refractivity contribution in [2.45, 2.75) is 57.3 Å². The summed E-state index contributed by atoms with van der Waals surface area (Å²) in [5, 5.41) is 0. The van der Waals surface area contributed by atoms with Crippen molar-refractivity contribution in [2.75, 3.05) is 38.1 Å². The summed E-state index contributed by atoms with van der Waals surface area (Å²) in [6.07, 6.45) is 9.07. The summed E-state index contributed by atoms with van der Waals surface area (Å²) in [4.78, 5) is 27.8. The van der Waals surface area contributed by atoms with Crippen LogP contribution in [0.3, 0.4) is 0 Å². The predicted octanol–water partition coefficient (Wildman–Crippen LogP) is 3.25. The van der Waals surface area contributed by atoms with Gasteiger partial charge in [0.15, 0.2) is 0 Å². The van der Waals surface area contributed by atoms with Gasteiger partial charge in [-0.15, -0.1) is 0 Å². The summed E-state index contributed by atoms with van der Waals surface area (Å²) in [5.74, 6) is 0.478. The van der Waals surface area contributed by atoms with E-state index >= 15 is 0 Å². The van der Waals surface area contributed by atoms with Crippen molar-refractivity contribution >= 4 is 11.7 Å². The molecule has 3 aliphatic rings. The molecule has 1 amide bonds. The lowest BCUT2D eigenvalue weighted by Gasteiger charge is -2.36. The smallest absolute Gasteiger partial charge is 0.274 e. The highest BCUT2D eigenvalue weighted by molar-refractivity contribution is 5.91. The van der Waals surface area contributed by atoms with E-state index in [-0.39, 0.29) is 5.91 Å². The van der Waals surface area contributed by atoms with E-state index in [1.54, 1.807) is 18.1 Å². The van der Waals surface area contributed by atoms with Crippen molar-refractivity contribution in [3.8, 4) is 0 Å². The van der Waals surface area contributed by atoms with Crippen LogP contribution in [0.15, 0.2) is 30.6 Å². The molecule has 0 spiro atoms. The zero-order valence-corrected chi connectivity index (χ0v) is 18.8. The summed E-state index contributed by atoms with van der Waals surface area (Å²) in [6.45, 7) is 3.82. The summed E-state index contributed by atoms with van der Waals surface area (Å²) in [6, 6.07) is 7.47. The second-order valence-corrected chi connectivity index (χ2v) is 9.48. The monoisotopic (exact) mass is 437 g/mol. The second-order valence-electron chi connectivity index (χ2n) is 9.48. The SMILES string of the molecule is CN(Cc1ccc2c(c1)CCN(C1CCC1)CC2)C(=O)c1cnc(N2CCC(F)C2)cn1. The molecule has 2 aromatic rings. The zero-order valence-electron chi connectivity index (χ0n) is 18.8. The number of halogens is 1. The Morgan fingerprint density at radius 2 is 1.91 bits per heavy atom. The normalized spacial score (nSPS) is 21.7. The minimum absolute atomic E-state index is 0.153. The van der Waals surface area contributed by atoms with Crippen molar-refractivity contribution in [1.82, 2.24) is 19.8 Å². The quantitative estimate of drug-likeness (QED) is 0.719. The first-order chi connectivity index (χ1) is 15.6. The Kier molecular flexibility index (Phi) is 6.09. The van der Waals surface area contributed by atoms with Gasteiger partial charge in [0.05, 0.1) is 18.9 Å². The van der Waals surface area contributed by atoms with Crippen LogP contribution in [0.1, 0.15) is 52.9 Å². The summed E-state index contributed by atoms with van der Waals surface area (Å²) in [7, 11) is 1.80. The van der Waals surface area contributed by atoms with Gasteiger partial charge < -0.3 is 9.80 Å². The summed E-state index contributed by atoms with van der Waals surface area (Å²) in [5.41, 5.74) is 4.33. The van der Waals surface area contributed by atoms with Crippen LogP contribution in [-0.2, 0) is 19.4 Å². The fourth-order valence-corrected chi connectivity index (χ4v) is 5.07. The molecule has 6 nitrogen and oxygen atoms in total. The second kappa shape index (κ2) is 9.14. The van der Waals surface area contributed by atoms with E-state index < -0.39 is 6.17 Å². The van der Waals surface area contributed by atoms with Gasteiger partial charge in [-0.2, -0.15) is 0 Å². The van der Waals surface area contributed by atoms with Gasteiger partial charge in [0.2, 0.25) is 0 Å². The van der Waals surface area contributed by atoms with Crippen molar-refractivity contribution in [3.05, 3.63) is 53.0 Å².